The zero-order valence-corrected chi connectivity index (χ0v) is 39.4. The molecule has 0 unspecified atom stereocenters. The van der Waals surface area contributed by atoms with Gasteiger partial charge in [-0.1, -0.05) is 31.4 Å². The van der Waals surface area contributed by atoms with E-state index in [0.717, 1.165) is 79.2 Å². The van der Waals surface area contributed by atoms with E-state index < -0.39 is 5.82 Å². The summed E-state index contributed by atoms with van der Waals surface area (Å²) in [5, 5.41) is 14.8. The standard InChI is InChI=1S/C27H35N7O.C26H19FO5S/c1-19(2)32-12-14-33(15-13-32)21-6-7-24(28-18-21)30-26-29-17-20-16-22-23(35)8-11-27(9-4-3-5-10-27)34(22)25(20)31-26;1-15-11-18(27)12-16(2)23(15)24(30)26-25(21-8-5-19(29)13-22(21)33-26)32-20-6-3-17(4-7-20)9-10-31-14-28/h6-7,16-19H,3-5,8-15H2,1-2H3,(H,28,29,30,31);3-14,29H,1-2H3/b;10-9+. The smallest absolute Gasteiger partial charge is 0.297 e. The summed E-state index contributed by atoms with van der Waals surface area (Å²) in [5.41, 5.74) is 5.13. The minimum atomic E-state index is -0.396. The molecule has 10 rings (SSSR count). The molecule has 0 radical (unpaired) electrons. The number of hydrogen-bond acceptors (Lipinski definition) is 13. The van der Waals surface area contributed by atoms with Crippen molar-refractivity contribution in [3.63, 3.8) is 0 Å². The SMILES string of the molecule is CC(C)N1CCN(c2ccc(Nc3ncc4cc5n(c4n3)C3(CCCCC3)CCC5=O)nc2)CC1.Cc1cc(F)cc(C)c1C(=O)c1sc2cc(O)ccc2c1Oc1ccc(/C=C/OC=O)cc1. The molecule has 0 atom stereocenters. The van der Waals surface area contributed by atoms with Crippen molar-refractivity contribution in [3.05, 3.63) is 130 Å². The molecule has 1 aliphatic carbocycles. The molecule has 1 saturated heterocycles. The summed E-state index contributed by atoms with van der Waals surface area (Å²) in [6.07, 6.45) is 14.2. The first-order valence-electron chi connectivity index (χ1n) is 23.1. The summed E-state index contributed by atoms with van der Waals surface area (Å²) in [6.45, 7) is 12.4. The second-order valence-electron chi connectivity index (χ2n) is 18.1. The number of benzene rings is 3. The van der Waals surface area contributed by atoms with E-state index in [0.29, 0.717) is 68.0 Å². The molecule has 2 fully saturated rings. The van der Waals surface area contributed by atoms with E-state index in [9.17, 15) is 23.9 Å². The number of ketones is 2. The summed E-state index contributed by atoms with van der Waals surface area (Å²) in [4.78, 5) is 55.9. The number of pyridine rings is 1. The third kappa shape index (κ3) is 9.58. The summed E-state index contributed by atoms with van der Waals surface area (Å²) in [5.74, 6) is 1.75. The van der Waals surface area contributed by atoms with Crippen LogP contribution in [0.5, 0.6) is 17.2 Å². The van der Waals surface area contributed by atoms with Crippen LogP contribution in [0.4, 0.5) is 21.8 Å². The van der Waals surface area contributed by atoms with Gasteiger partial charge in [-0.25, -0.2) is 14.4 Å². The third-order valence-electron chi connectivity index (χ3n) is 13.4. The average Bonchev–Trinajstić information content (AvgIpc) is 3.90. The van der Waals surface area contributed by atoms with Gasteiger partial charge in [-0.05, 0) is 130 Å². The number of aromatic nitrogens is 4. The second kappa shape index (κ2) is 19.7. The molecule has 1 saturated carbocycles. The molecule has 0 amide bonds. The summed E-state index contributed by atoms with van der Waals surface area (Å²) < 4.78 is 27.4. The van der Waals surface area contributed by atoms with Crippen molar-refractivity contribution < 1.29 is 33.4 Å². The first-order valence-corrected chi connectivity index (χ1v) is 24.0. The molecule has 2 aliphatic heterocycles. The van der Waals surface area contributed by atoms with Gasteiger partial charge in [0.15, 0.2) is 11.5 Å². The number of halogens is 1. The number of piperazine rings is 1. The van der Waals surface area contributed by atoms with Crippen molar-refractivity contribution in [3.8, 4) is 17.2 Å². The first-order chi connectivity index (χ1) is 32.9. The van der Waals surface area contributed by atoms with Crippen LogP contribution in [0.15, 0.2) is 91.5 Å². The molecule has 0 bridgehead atoms. The van der Waals surface area contributed by atoms with Crippen LogP contribution in [-0.2, 0) is 15.1 Å². The Kier molecular flexibility index (Phi) is 13.4. The molecule has 3 aromatic carbocycles. The molecule has 6 heterocycles. The minimum Gasteiger partial charge on any atom is -0.508 e. The Morgan fingerprint density at radius 3 is 2.35 bits per heavy atom. The fourth-order valence-electron chi connectivity index (χ4n) is 9.87. The lowest BCUT2D eigenvalue weighted by Gasteiger charge is -2.42. The minimum absolute atomic E-state index is 0.0222. The van der Waals surface area contributed by atoms with E-state index in [1.54, 1.807) is 56.3 Å². The molecule has 350 valence electrons. The van der Waals surface area contributed by atoms with Crippen molar-refractivity contribution in [2.24, 2.45) is 0 Å². The molecule has 7 aromatic rings. The predicted octanol–water partition coefficient (Wildman–Crippen LogP) is 11.3. The number of thiophene rings is 1. The van der Waals surface area contributed by atoms with Gasteiger partial charge in [0.2, 0.25) is 11.7 Å². The van der Waals surface area contributed by atoms with Crippen LogP contribution in [0.3, 0.4) is 0 Å². The van der Waals surface area contributed by atoms with E-state index in [1.807, 2.05) is 24.5 Å². The van der Waals surface area contributed by atoms with Gasteiger partial charge in [-0.2, -0.15) is 4.98 Å². The maximum atomic E-state index is 13.8. The topological polar surface area (TPSA) is 152 Å². The number of phenolic OH excluding ortho intramolecular Hbond substituents is 1. The van der Waals surface area contributed by atoms with E-state index >= 15 is 0 Å². The van der Waals surface area contributed by atoms with Crippen LogP contribution < -0.4 is 15.0 Å². The number of rotatable bonds is 11. The van der Waals surface area contributed by atoms with Gasteiger partial charge >= 0.3 is 0 Å². The first kappa shape index (κ1) is 46.2. The molecule has 4 aromatic heterocycles. The van der Waals surface area contributed by atoms with E-state index in [4.69, 9.17) is 9.72 Å². The number of nitrogens with zero attached hydrogens (tertiary/aromatic N) is 6. The number of anilines is 3. The number of hydrogen-bond donors (Lipinski definition) is 2. The maximum absolute atomic E-state index is 13.8. The second-order valence-corrected chi connectivity index (χ2v) is 19.1. The lowest BCUT2D eigenvalue weighted by Crippen LogP contribution is -2.48. The highest BCUT2D eigenvalue weighted by molar-refractivity contribution is 7.21. The monoisotopic (exact) mass is 935 g/mol. The number of fused-ring (bicyclic) bond motifs is 5. The number of aryl methyl sites for hydroxylation is 2. The normalized spacial score (nSPS) is 16.0. The van der Waals surface area contributed by atoms with Crippen LogP contribution in [0, 0.1) is 19.7 Å². The highest BCUT2D eigenvalue weighted by Crippen LogP contribution is 2.46. The van der Waals surface area contributed by atoms with E-state index in [-0.39, 0.29) is 22.9 Å². The van der Waals surface area contributed by atoms with Crippen molar-refractivity contribution in [1.29, 1.82) is 0 Å². The number of Topliss-reactive ketones (excluding diaryl/α,β-unsaturated/α-hetero) is 1. The zero-order chi connectivity index (χ0) is 47.5. The van der Waals surface area contributed by atoms with Crippen LogP contribution in [0.1, 0.15) is 101 Å². The molecular formula is C53H54FN7O6S. The molecule has 13 nitrogen and oxygen atoms in total. The number of phenols is 1. The van der Waals surface area contributed by atoms with Crippen LogP contribution in [0.25, 0.3) is 27.2 Å². The number of carbonyl (C=O) groups is 3. The quantitative estimate of drug-likeness (QED) is 0.0721. The van der Waals surface area contributed by atoms with Crippen molar-refractivity contribution >= 4 is 74.0 Å². The van der Waals surface area contributed by atoms with Gasteiger partial charge in [0.05, 0.1) is 23.8 Å². The Labute approximate surface area is 398 Å². The number of nitrogens with one attached hydrogen (secondary N) is 1. The molecule has 3 aliphatic rings. The number of aromatic hydroxyl groups is 1. The molecular weight excluding hydrogens is 882 g/mol. The Hall–Kier alpha value is -6.97. The molecule has 2 N–H and O–H groups in total. The van der Waals surface area contributed by atoms with Gasteiger partial charge in [0.25, 0.3) is 6.47 Å². The average molecular weight is 936 g/mol. The Morgan fingerprint density at radius 2 is 1.66 bits per heavy atom. The summed E-state index contributed by atoms with van der Waals surface area (Å²) >= 11 is 1.21. The van der Waals surface area contributed by atoms with E-state index in [2.05, 4.69) is 54.3 Å². The fraction of sp³-hybridized carbons (Fsp3) is 0.321. The highest BCUT2D eigenvalue weighted by Gasteiger charge is 2.41. The number of carbonyl (C=O) groups excluding carboxylic acids is 3. The maximum Gasteiger partial charge on any atom is 0.297 e. The van der Waals surface area contributed by atoms with Crippen molar-refractivity contribution in [2.45, 2.75) is 84.2 Å². The Bertz CT molecular complexity index is 3000. The highest BCUT2D eigenvalue weighted by atomic mass is 32.1. The van der Waals surface area contributed by atoms with Crippen molar-refractivity contribution in [2.75, 3.05) is 36.4 Å². The fourth-order valence-corrected chi connectivity index (χ4v) is 11.0. The van der Waals surface area contributed by atoms with Gasteiger partial charge in [-0.3, -0.25) is 19.3 Å². The van der Waals surface area contributed by atoms with Gasteiger partial charge < -0.3 is 29.4 Å². The van der Waals surface area contributed by atoms with Crippen LogP contribution in [-0.4, -0.2) is 79.8 Å². The van der Waals surface area contributed by atoms with Crippen LogP contribution >= 0.6 is 11.3 Å². The molecule has 1 spiro atoms. The lowest BCUT2D eigenvalue weighted by atomic mass is 9.75. The van der Waals surface area contributed by atoms with Gasteiger partial charge in [0, 0.05) is 71.4 Å². The zero-order valence-electron chi connectivity index (χ0n) is 38.6. The van der Waals surface area contributed by atoms with Crippen molar-refractivity contribution in [1.82, 2.24) is 24.4 Å². The van der Waals surface area contributed by atoms with Gasteiger partial charge in [-0.15, -0.1) is 11.3 Å². The lowest BCUT2D eigenvalue weighted by molar-refractivity contribution is -0.123. The summed E-state index contributed by atoms with van der Waals surface area (Å²) in [6, 6.07) is 21.2. The van der Waals surface area contributed by atoms with Gasteiger partial charge in [0.1, 0.15) is 33.7 Å². The number of ether oxygens (including phenoxy) is 2. The van der Waals surface area contributed by atoms with Crippen LogP contribution in [0.2, 0.25) is 0 Å². The van der Waals surface area contributed by atoms with E-state index in [1.165, 1.54) is 55.1 Å². The predicted molar refractivity (Wildman–Crippen MR) is 264 cm³/mol. The Balaban J connectivity index is 0.000000170. The molecule has 68 heavy (non-hydrogen) atoms. The third-order valence-corrected chi connectivity index (χ3v) is 14.5. The Morgan fingerprint density at radius 1 is 0.912 bits per heavy atom. The largest absolute Gasteiger partial charge is 0.508 e. The summed E-state index contributed by atoms with van der Waals surface area (Å²) in [7, 11) is 0. The molecule has 15 heteroatoms.